The molecule has 6 nitrogen and oxygen atoms in total. The molecule has 1 rings (SSSR count). The maximum Gasteiger partial charge on any atom is 0.358 e. The largest absolute Gasteiger partial charge is 0.464 e. The van der Waals surface area contributed by atoms with Crippen LogP contribution in [-0.4, -0.2) is 29.7 Å². The Balaban J connectivity index is 2.66. The van der Waals surface area contributed by atoms with Gasteiger partial charge in [0.1, 0.15) is 6.61 Å². The average molecular weight is 207 g/mol. The molecule has 15 heavy (non-hydrogen) atoms. The number of carbonyl (C=O) groups is 1. The van der Waals surface area contributed by atoms with Crippen molar-refractivity contribution in [1.29, 1.82) is 0 Å². The van der Waals surface area contributed by atoms with Crippen LogP contribution in [-0.2, 0) is 9.57 Å². The minimum Gasteiger partial charge on any atom is -0.464 e. The summed E-state index contributed by atoms with van der Waals surface area (Å²) in [5.41, 5.74) is 2.53. The minimum atomic E-state index is -0.567. The van der Waals surface area contributed by atoms with E-state index < -0.39 is 5.97 Å². The number of hydrogen-bond donors (Lipinski definition) is 1. The van der Waals surface area contributed by atoms with Gasteiger partial charge in [0.15, 0.2) is 11.5 Å². The number of terminal acetylenes is 1. The molecule has 78 valence electrons. The van der Waals surface area contributed by atoms with Gasteiger partial charge in [0.05, 0.1) is 19.5 Å². The van der Waals surface area contributed by atoms with Gasteiger partial charge in [-0.05, 0) is 0 Å². The molecule has 0 atom stereocenters. The van der Waals surface area contributed by atoms with Crippen LogP contribution in [0.1, 0.15) is 10.5 Å². The summed E-state index contributed by atoms with van der Waals surface area (Å²) in [7, 11) is 1.26. The van der Waals surface area contributed by atoms with Gasteiger partial charge in [-0.25, -0.2) is 15.3 Å². The van der Waals surface area contributed by atoms with E-state index in [0.29, 0.717) is 0 Å². The summed E-state index contributed by atoms with van der Waals surface area (Å²) in [5, 5.41) is 0. The summed E-state index contributed by atoms with van der Waals surface area (Å²) in [6, 6.07) is 0. The highest BCUT2D eigenvalue weighted by atomic mass is 16.6. The van der Waals surface area contributed by atoms with Crippen molar-refractivity contribution in [3.63, 3.8) is 0 Å². The van der Waals surface area contributed by atoms with E-state index in [1.807, 2.05) is 0 Å². The number of rotatable bonds is 4. The SMILES string of the molecule is C#CCONc1cncc(C(=O)OC)n1. The topological polar surface area (TPSA) is 73.3 Å². The summed E-state index contributed by atoms with van der Waals surface area (Å²) in [6.07, 6.45) is 7.65. The normalized spacial score (nSPS) is 9.07. The first-order valence-corrected chi connectivity index (χ1v) is 3.99. The molecule has 0 aromatic carbocycles. The molecule has 0 aliphatic carbocycles. The Labute approximate surface area is 86.6 Å². The van der Waals surface area contributed by atoms with Crippen LogP contribution in [0.2, 0.25) is 0 Å². The number of aromatic nitrogens is 2. The van der Waals surface area contributed by atoms with Gasteiger partial charge >= 0.3 is 5.97 Å². The number of hydrogen-bond acceptors (Lipinski definition) is 6. The van der Waals surface area contributed by atoms with Crippen LogP contribution in [0.15, 0.2) is 12.4 Å². The van der Waals surface area contributed by atoms with E-state index in [4.69, 9.17) is 11.3 Å². The van der Waals surface area contributed by atoms with Crippen molar-refractivity contribution in [3.8, 4) is 12.3 Å². The Kier molecular flexibility index (Phi) is 4.06. The minimum absolute atomic E-state index is 0.0874. The molecule has 0 aliphatic heterocycles. The second-order valence-corrected chi connectivity index (χ2v) is 2.38. The van der Waals surface area contributed by atoms with Crippen molar-refractivity contribution in [2.75, 3.05) is 19.2 Å². The van der Waals surface area contributed by atoms with Gasteiger partial charge in [0.2, 0.25) is 0 Å². The molecule has 0 unspecified atom stereocenters. The fourth-order valence-corrected chi connectivity index (χ4v) is 0.770. The number of anilines is 1. The Morgan fingerprint density at radius 3 is 3.13 bits per heavy atom. The Bertz CT molecular complexity index is 386. The highest BCUT2D eigenvalue weighted by Gasteiger charge is 2.07. The van der Waals surface area contributed by atoms with Crippen LogP contribution in [0.3, 0.4) is 0 Å². The van der Waals surface area contributed by atoms with E-state index in [1.54, 1.807) is 0 Å². The van der Waals surface area contributed by atoms with Crippen LogP contribution >= 0.6 is 0 Å². The molecular weight excluding hydrogens is 198 g/mol. The molecular formula is C9H9N3O3. The molecule has 1 aromatic rings. The molecule has 0 bridgehead atoms. The van der Waals surface area contributed by atoms with Gasteiger partial charge in [-0.15, -0.1) is 6.42 Å². The molecule has 0 fully saturated rings. The average Bonchev–Trinajstić information content (AvgIpc) is 2.29. The predicted octanol–water partition coefficient (Wildman–Crippen LogP) is 0.240. The molecule has 6 heteroatoms. The molecule has 0 amide bonds. The second kappa shape index (κ2) is 5.57. The maximum atomic E-state index is 11.1. The van der Waals surface area contributed by atoms with Crippen molar-refractivity contribution in [3.05, 3.63) is 18.1 Å². The number of methoxy groups -OCH3 is 1. The second-order valence-electron chi connectivity index (χ2n) is 2.38. The summed E-state index contributed by atoms with van der Waals surface area (Å²) in [5.74, 6) is 1.98. The van der Waals surface area contributed by atoms with Crippen molar-refractivity contribution >= 4 is 11.8 Å². The lowest BCUT2D eigenvalue weighted by atomic mass is 10.4. The predicted molar refractivity (Wildman–Crippen MR) is 51.8 cm³/mol. The van der Waals surface area contributed by atoms with Crippen LogP contribution < -0.4 is 5.48 Å². The zero-order chi connectivity index (χ0) is 11.1. The van der Waals surface area contributed by atoms with Gasteiger partial charge in [0.25, 0.3) is 0 Å². The van der Waals surface area contributed by atoms with E-state index in [-0.39, 0.29) is 18.1 Å². The van der Waals surface area contributed by atoms with E-state index in [9.17, 15) is 4.79 Å². The van der Waals surface area contributed by atoms with Gasteiger partial charge in [0, 0.05) is 0 Å². The highest BCUT2D eigenvalue weighted by Crippen LogP contribution is 2.02. The summed E-state index contributed by atoms with van der Waals surface area (Å²) >= 11 is 0. The lowest BCUT2D eigenvalue weighted by Gasteiger charge is -2.03. The van der Waals surface area contributed by atoms with Crippen molar-refractivity contribution in [1.82, 2.24) is 9.97 Å². The van der Waals surface area contributed by atoms with Gasteiger partial charge < -0.3 is 4.74 Å². The first-order valence-electron chi connectivity index (χ1n) is 3.99. The molecule has 0 aliphatic rings. The lowest BCUT2D eigenvalue weighted by molar-refractivity contribution is 0.0593. The highest BCUT2D eigenvalue weighted by molar-refractivity contribution is 5.87. The van der Waals surface area contributed by atoms with E-state index >= 15 is 0 Å². The number of nitrogens with one attached hydrogen (secondary N) is 1. The Morgan fingerprint density at radius 1 is 1.67 bits per heavy atom. The molecule has 0 saturated heterocycles. The molecule has 0 radical (unpaired) electrons. The van der Waals surface area contributed by atoms with E-state index in [1.165, 1.54) is 19.5 Å². The Morgan fingerprint density at radius 2 is 2.47 bits per heavy atom. The molecule has 1 aromatic heterocycles. The zero-order valence-electron chi connectivity index (χ0n) is 8.06. The first kappa shape index (κ1) is 10.9. The third-order valence-electron chi connectivity index (χ3n) is 1.36. The first-order chi connectivity index (χ1) is 7.27. The smallest absolute Gasteiger partial charge is 0.358 e. The molecule has 1 N–H and O–H groups in total. The van der Waals surface area contributed by atoms with E-state index in [0.717, 1.165) is 0 Å². The van der Waals surface area contributed by atoms with Crippen molar-refractivity contribution < 1.29 is 14.4 Å². The standard InChI is InChI=1S/C9H9N3O3/c1-3-4-15-12-8-6-10-5-7(11-8)9(13)14-2/h1,5-6H,4H2,2H3,(H,11,12). The fourth-order valence-electron chi connectivity index (χ4n) is 0.770. The Hall–Kier alpha value is -2.13. The van der Waals surface area contributed by atoms with Gasteiger partial charge in [-0.1, -0.05) is 5.92 Å². The summed E-state index contributed by atoms with van der Waals surface area (Å²) < 4.78 is 4.47. The number of carbonyl (C=O) groups excluding carboxylic acids is 1. The lowest BCUT2D eigenvalue weighted by Crippen LogP contribution is -2.09. The molecule has 1 heterocycles. The third kappa shape index (κ3) is 3.25. The monoisotopic (exact) mass is 207 g/mol. The number of esters is 1. The third-order valence-corrected chi connectivity index (χ3v) is 1.36. The zero-order valence-corrected chi connectivity index (χ0v) is 8.06. The van der Waals surface area contributed by atoms with Gasteiger partial charge in [-0.2, -0.15) is 0 Å². The van der Waals surface area contributed by atoms with Crippen LogP contribution in [0.5, 0.6) is 0 Å². The number of ether oxygens (including phenoxy) is 1. The number of nitrogens with zero attached hydrogens (tertiary/aromatic N) is 2. The van der Waals surface area contributed by atoms with E-state index in [2.05, 4.69) is 26.1 Å². The summed E-state index contributed by atoms with van der Waals surface area (Å²) in [6.45, 7) is 0.0874. The van der Waals surface area contributed by atoms with Crippen LogP contribution in [0.25, 0.3) is 0 Å². The summed E-state index contributed by atoms with van der Waals surface area (Å²) in [4.78, 5) is 23.5. The molecule has 0 spiro atoms. The van der Waals surface area contributed by atoms with Crippen LogP contribution in [0, 0.1) is 12.3 Å². The maximum absolute atomic E-state index is 11.1. The van der Waals surface area contributed by atoms with Gasteiger partial charge in [-0.3, -0.25) is 9.82 Å². The molecule has 0 saturated carbocycles. The van der Waals surface area contributed by atoms with Crippen molar-refractivity contribution in [2.24, 2.45) is 0 Å². The van der Waals surface area contributed by atoms with Crippen molar-refractivity contribution in [2.45, 2.75) is 0 Å². The fraction of sp³-hybridized carbons (Fsp3) is 0.222. The van der Waals surface area contributed by atoms with Crippen LogP contribution in [0.4, 0.5) is 5.82 Å². The quantitative estimate of drug-likeness (QED) is 0.330.